The summed E-state index contributed by atoms with van der Waals surface area (Å²) < 4.78 is 0. The fourth-order valence-electron chi connectivity index (χ4n) is 1.89. The molecule has 2 rings (SSSR count). The molecule has 0 unspecified atom stereocenters. The van der Waals surface area contributed by atoms with Crippen LogP contribution in [0, 0.1) is 11.3 Å². The van der Waals surface area contributed by atoms with Gasteiger partial charge in [-0.3, -0.25) is 0 Å². The van der Waals surface area contributed by atoms with Gasteiger partial charge in [0, 0.05) is 24.0 Å². The summed E-state index contributed by atoms with van der Waals surface area (Å²) >= 11 is 0. The number of nitriles is 1. The summed E-state index contributed by atoms with van der Waals surface area (Å²) in [6.07, 6.45) is 1.64. The molecule has 1 heterocycles. The summed E-state index contributed by atoms with van der Waals surface area (Å²) in [5.41, 5.74) is 3.77. The molecule has 0 spiro atoms. The van der Waals surface area contributed by atoms with Crippen LogP contribution in [0.1, 0.15) is 36.6 Å². The molecule has 19 heavy (non-hydrogen) atoms. The zero-order valence-corrected chi connectivity index (χ0v) is 11.2. The van der Waals surface area contributed by atoms with E-state index in [-0.39, 0.29) is 0 Å². The first kappa shape index (κ1) is 13.1. The predicted octanol–water partition coefficient (Wildman–Crippen LogP) is 3.69. The van der Waals surface area contributed by atoms with Crippen LogP contribution in [0.15, 0.2) is 42.6 Å². The molecule has 3 nitrogen and oxygen atoms in total. The molecule has 0 bridgehead atoms. The SMILES string of the molecule is CC(C)c1cccc(NCc2cccnc2C#N)c1. The van der Waals surface area contributed by atoms with Gasteiger partial charge < -0.3 is 5.32 Å². The van der Waals surface area contributed by atoms with E-state index in [1.54, 1.807) is 6.20 Å². The Labute approximate surface area is 113 Å². The Bertz CT molecular complexity index is 597. The second kappa shape index (κ2) is 6.01. The fourth-order valence-corrected chi connectivity index (χ4v) is 1.89. The monoisotopic (exact) mass is 251 g/mol. The first-order valence-corrected chi connectivity index (χ1v) is 6.38. The summed E-state index contributed by atoms with van der Waals surface area (Å²) in [6, 6.07) is 14.2. The number of benzene rings is 1. The lowest BCUT2D eigenvalue weighted by atomic mass is 10.0. The maximum Gasteiger partial charge on any atom is 0.145 e. The lowest BCUT2D eigenvalue weighted by molar-refractivity contribution is 0.866. The van der Waals surface area contributed by atoms with Crippen molar-refractivity contribution in [2.24, 2.45) is 0 Å². The summed E-state index contributed by atoms with van der Waals surface area (Å²) in [5, 5.41) is 12.3. The van der Waals surface area contributed by atoms with Crippen LogP contribution < -0.4 is 5.32 Å². The predicted molar refractivity (Wildman–Crippen MR) is 76.8 cm³/mol. The van der Waals surface area contributed by atoms with E-state index in [0.717, 1.165) is 11.3 Å². The van der Waals surface area contributed by atoms with Gasteiger partial charge in [0.05, 0.1) is 0 Å². The highest BCUT2D eigenvalue weighted by atomic mass is 14.9. The molecule has 0 fully saturated rings. The minimum absolute atomic E-state index is 0.481. The van der Waals surface area contributed by atoms with Crippen LogP contribution in [0.4, 0.5) is 5.69 Å². The summed E-state index contributed by atoms with van der Waals surface area (Å²) in [5.74, 6) is 0.509. The van der Waals surface area contributed by atoms with Crippen molar-refractivity contribution in [1.82, 2.24) is 4.98 Å². The maximum absolute atomic E-state index is 8.99. The lowest BCUT2D eigenvalue weighted by Crippen LogP contribution is -2.03. The van der Waals surface area contributed by atoms with Crippen LogP contribution in [0.2, 0.25) is 0 Å². The van der Waals surface area contributed by atoms with Crippen LogP contribution in [-0.2, 0) is 6.54 Å². The van der Waals surface area contributed by atoms with Gasteiger partial charge in [0.15, 0.2) is 0 Å². The third-order valence-electron chi connectivity index (χ3n) is 3.03. The Balaban J connectivity index is 2.11. The van der Waals surface area contributed by atoms with Crippen molar-refractivity contribution in [2.75, 3.05) is 5.32 Å². The molecular weight excluding hydrogens is 234 g/mol. The molecule has 0 saturated carbocycles. The molecule has 0 saturated heterocycles. The van der Waals surface area contributed by atoms with Crippen LogP contribution in [0.3, 0.4) is 0 Å². The zero-order valence-electron chi connectivity index (χ0n) is 11.2. The van der Waals surface area contributed by atoms with Gasteiger partial charge in [0.25, 0.3) is 0 Å². The molecule has 3 heteroatoms. The van der Waals surface area contributed by atoms with Crippen molar-refractivity contribution in [3.05, 3.63) is 59.4 Å². The van der Waals surface area contributed by atoms with E-state index in [1.165, 1.54) is 5.56 Å². The van der Waals surface area contributed by atoms with Gasteiger partial charge >= 0.3 is 0 Å². The zero-order chi connectivity index (χ0) is 13.7. The molecule has 0 radical (unpaired) electrons. The highest BCUT2D eigenvalue weighted by molar-refractivity contribution is 5.47. The number of pyridine rings is 1. The van der Waals surface area contributed by atoms with Crippen molar-refractivity contribution in [3.8, 4) is 6.07 Å². The average molecular weight is 251 g/mol. The van der Waals surface area contributed by atoms with E-state index in [9.17, 15) is 0 Å². The third-order valence-corrected chi connectivity index (χ3v) is 3.03. The van der Waals surface area contributed by atoms with Gasteiger partial charge in [0.2, 0.25) is 0 Å². The molecule has 0 aliphatic heterocycles. The maximum atomic E-state index is 8.99. The van der Waals surface area contributed by atoms with E-state index >= 15 is 0 Å². The van der Waals surface area contributed by atoms with E-state index < -0.39 is 0 Å². The molecule has 2 aromatic rings. The number of hydrogen-bond acceptors (Lipinski definition) is 3. The van der Waals surface area contributed by atoms with Crippen molar-refractivity contribution < 1.29 is 0 Å². The van der Waals surface area contributed by atoms with Gasteiger partial charge in [-0.1, -0.05) is 32.0 Å². The highest BCUT2D eigenvalue weighted by Gasteiger charge is 2.03. The summed E-state index contributed by atoms with van der Waals surface area (Å²) in [6.45, 7) is 4.96. The van der Waals surface area contributed by atoms with Crippen molar-refractivity contribution in [2.45, 2.75) is 26.3 Å². The Morgan fingerprint density at radius 2 is 2.11 bits per heavy atom. The normalized spacial score (nSPS) is 10.2. The summed E-state index contributed by atoms with van der Waals surface area (Å²) in [7, 11) is 0. The minimum Gasteiger partial charge on any atom is -0.381 e. The second-order valence-electron chi connectivity index (χ2n) is 4.76. The standard InChI is InChI=1S/C16H17N3/c1-12(2)13-5-3-7-15(9-13)19-11-14-6-4-8-18-16(14)10-17/h3-9,12,19H,11H2,1-2H3. The quantitative estimate of drug-likeness (QED) is 0.901. The average Bonchev–Trinajstić information content (AvgIpc) is 2.45. The summed E-state index contributed by atoms with van der Waals surface area (Å²) in [4.78, 5) is 4.05. The number of rotatable bonds is 4. The van der Waals surface area contributed by atoms with Gasteiger partial charge in [-0.2, -0.15) is 5.26 Å². The van der Waals surface area contributed by atoms with E-state index in [0.29, 0.717) is 18.2 Å². The number of aromatic nitrogens is 1. The van der Waals surface area contributed by atoms with Gasteiger partial charge in [-0.25, -0.2) is 4.98 Å². The molecular formula is C16H17N3. The smallest absolute Gasteiger partial charge is 0.145 e. The van der Waals surface area contributed by atoms with E-state index in [4.69, 9.17) is 5.26 Å². The third kappa shape index (κ3) is 3.32. The molecule has 96 valence electrons. The Hall–Kier alpha value is -2.34. The second-order valence-corrected chi connectivity index (χ2v) is 4.76. The van der Waals surface area contributed by atoms with Gasteiger partial charge in [0.1, 0.15) is 11.8 Å². The van der Waals surface area contributed by atoms with Gasteiger partial charge in [-0.05, 0) is 29.7 Å². The topological polar surface area (TPSA) is 48.7 Å². The van der Waals surface area contributed by atoms with Crippen LogP contribution in [-0.4, -0.2) is 4.98 Å². The molecule has 1 aromatic carbocycles. The molecule has 1 N–H and O–H groups in total. The highest BCUT2D eigenvalue weighted by Crippen LogP contribution is 2.19. The minimum atomic E-state index is 0.481. The van der Waals surface area contributed by atoms with Crippen LogP contribution in [0.5, 0.6) is 0 Å². The molecule has 1 aromatic heterocycles. The first-order valence-electron chi connectivity index (χ1n) is 6.38. The first-order chi connectivity index (χ1) is 9.20. The van der Waals surface area contributed by atoms with Gasteiger partial charge in [-0.15, -0.1) is 0 Å². The van der Waals surface area contributed by atoms with Crippen molar-refractivity contribution in [1.29, 1.82) is 5.26 Å². The lowest BCUT2D eigenvalue weighted by Gasteiger charge is -2.10. The Kier molecular flexibility index (Phi) is 4.15. The fraction of sp³-hybridized carbons (Fsp3) is 0.250. The van der Waals surface area contributed by atoms with Crippen LogP contribution >= 0.6 is 0 Å². The number of nitrogens with zero attached hydrogens (tertiary/aromatic N) is 2. The molecule has 0 aliphatic carbocycles. The molecule has 0 amide bonds. The van der Waals surface area contributed by atoms with E-state index in [2.05, 4.69) is 42.4 Å². The molecule has 0 atom stereocenters. The Morgan fingerprint density at radius 3 is 2.84 bits per heavy atom. The number of hydrogen-bond donors (Lipinski definition) is 1. The largest absolute Gasteiger partial charge is 0.381 e. The van der Waals surface area contributed by atoms with E-state index in [1.807, 2.05) is 24.3 Å². The molecule has 0 aliphatic rings. The van der Waals surface area contributed by atoms with Crippen molar-refractivity contribution >= 4 is 5.69 Å². The number of anilines is 1. The van der Waals surface area contributed by atoms with Crippen LogP contribution in [0.25, 0.3) is 0 Å². The van der Waals surface area contributed by atoms with Crippen molar-refractivity contribution in [3.63, 3.8) is 0 Å². The Morgan fingerprint density at radius 1 is 1.26 bits per heavy atom. The number of nitrogens with one attached hydrogen (secondary N) is 1.